The molecule has 0 spiro atoms. The summed E-state index contributed by atoms with van der Waals surface area (Å²) in [7, 11) is 0. The summed E-state index contributed by atoms with van der Waals surface area (Å²) in [5, 5.41) is 11.2. The van der Waals surface area contributed by atoms with E-state index in [4.69, 9.17) is 16.3 Å². The van der Waals surface area contributed by atoms with Crippen molar-refractivity contribution < 1.29 is 9.66 Å². The van der Waals surface area contributed by atoms with Gasteiger partial charge in [-0.3, -0.25) is 15.1 Å². The van der Waals surface area contributed by atoms with Gasteiger partial charge in [-0.15, -0.1) is 0 Å². The average molecular weight is 309 g/mol. The first kappa shape index (κ1) is 15.1. The van der Waals surface area contributed by atoms with Crippen LogP contribution in [0.5, 0.6) is 5.75 Å². The van der Waals surface area contributed by atoms with Crippen LogP contribution in [-0.4, -0.2) is 26.5 Å². The zero-order chi connectivity index (χ0) is 15.4. The first-order valence-corrected chi connectivity index (χ1v) is 6.67. The van der Waals surface area contributed by atoms with Crippen molar-refractivity contribution >= 4 is 17.3 Å². The number of rotatable bonds is 5. The molecule has 0 radical (unpaired) electrons. The zero-order valence-electron chi connectivity index (χ0n) is 11.5. The highest BCUT2D eigenvalue weighted by Gasteiger charge is 2.23. The van der Waals surface area contributed by atoms with Gasteiger partial charge in [0.25, 0.3) is 0 Å². The van der Waals surface area contributed by atoms with E-state index in [0.29, 0.717) is 17.9 Å². The van der Waals surface area contributed by atoms with Crippen molar-refractivity contribution in [3.63, 3.8) is 0 Å². The van der Waals surface area contributed by atoms with Crippen LogP contribution in [0.4, 0.5) is 5.69 Å². The van der Waals surface area contributed by atoms with Crippen LogP contribution in [-0.2, 0) is 0 Å². The average Bonchev–Trinajstić information content (AvgIpc) is 2.44. The van der Waals surface area contributed by atoms with Gasteiger partial charge in [-0.1, -0.05) is 6.92 Å². The highest BCUT2D eigenvalue weighted by atomic mass is 35.5. The lowest BCUT2D eigenvalue weighted by Crippen LogP contribution is -2.02. The number of hydrogen-bond acceptors (Lipinski definition) is 6. The van der Waals surface area contributed by atoms with E-state index in [9.17, 15) is 10.1 Å². The van der Waals surface area contributed by atoms with E-state index in [-0.39, 0.29) is 22.4 Å². The molecule has 0 N–H and O–H groups in total. The van der Waals surface area contributed by atoms with E-state index in [1.807, 2.05) is 6.92 Å². The summed E-state index contributed by atoms with van der Waals surface area (Å²) in [4.78, 5) is 22.5. The van der Waals surface area contributed by atoms with Gasteiger partial charge in [-0.25, -0.2) is 9.97 Å². The van der Waals surface area contributed by atoms with Gasteiger partial charge in [-0.2, -0.15) is 0 Å². The van der Waals surface area contributed by atoms with Crippen LogP contribution in [0.1, 0.15) is 19.0 Å². The van der Waals surface area contributed by atoms with Gasteiger partial charge in [0.05, 0.1) is 17.7 Å². The van der Waals surface area contributed by atoms with Crippen molar-refractivity contribution in [1.82, 2.24) is 15.0 Å². The lowest BCUT2D eigenvalue weighted by atomic mass is 10.1. The maximum Gasteiger partial charge on any atom is 0.316 e. The van der Waals surface area contributed by atoms with Gasteiger partial charge in [0.1, 0.15) is 11.4 Å². The molecule has 0 saturated heterocycles. The molecule has 0 amide bonds. The van der Waals surface area contributed by atoms with Gasteiger partial charge in [0.2, 0.25) is 5.28 Å². The molecule has 110 valence electrons. The number of hydrogen-bond donors (Lipinski definition) is 0. The predicted molar refractivity (Wildman–Crippen MR) is 77.5 cm³/mol. The largest absolute Gasteiger partial charge is 0.492 e. The Balaban J connectivity index is 2.53. The van der Waals surface area contributed by atoms with E-state index < -0.39 is 4.92 Å². The van der Waals surface area contributed by atoms with E-state index >= 15 is 0 Å². The Morgan fingerprint density at radius 3 is 2.81 bits per heavy atom. The van der Waals surface area contributed by atoms with Crippen molar-refractivity contribution in [1.29, 1.82) is 0 Å². The Hall–Kier alpha value is -2.28. The van der Waals surface area contributed by atoms with Crippen LogP contribution in [0.25, 0.3) is 11.3 Å². The number of pyridine rings is 1. The molecule has 8 heteroatoms. The number of nitrogens with zero attached hydrogens (tertiary/aromatic N) is 4. The summed E-state index contributed by atoms with van der Waals surface area (Å²) in [6.07, 6.45) is 3.87. The summed E-state index contributed by atoms with van der Waals surface area (Å²) in [5.41, 5.74) is 0.610. The Labute approximate surface area is 126 Å². The number of aryl methyl sites for hydroxylation is 1. The Morgan fingerprint density at radius 2 is 2.14 bits per heavy atom. The summed E-state index contributed by atoms with van der Waals surface area (Å²) >= 11 is 5.80. The molecular weight excluding hydrogens is 296 g/mol. The summed E-state index contributed by atoms with van der Waals surface area (Å²) < 4.78 is 5.47. The van der Waals surface area contributed by atoms with Gasteiger partial charge in [0.15, 0.2) is 5.69 Å². The van der Waals surface area contributed by atoms with Crippen LogP contribution < -0.4 is 4.74 Å². The summed E-state index contributed by atoms with van der Waals surface area (Å²) in [6, 6.07) is 1.65. The summed E-state index contributed by atoms with van der Waals surface area (Å²) in [5.74, 6) is 0.524. The molecular formula is C13H13ClN4O3. The van der Waals surface area contributed by atoms with E-state index in [1.165, 1.54) is 13.1 Å². The monoisotopic (exact) mass is 308 g/mol. The first-order valence-electron chi connectivity index (χ1n) is 6.29. The second-order valence-electron chi connectivity index (χ2n) is 4.29. The fourth-order valence-corrected chi connectivity index (χ4v) is 2.01. The van der Waals surface area contributed by atoms with Crippen molar-refractivity contribution in [2.24, 2.45) is 0 Å². The highest BCUT2D eigenvalue weighted by Crippen LogP contribution is 2.32. The third kappa shape index (κ3) is 3.43. The summed E-state index contributed by atoms with van der Waals surface area (Å²) in [6.45, 7) is 4.03. The smallest absolute Gasteiger partial charge is 0.316 e. The molecule has 0 aliphatic rings. The molecule has 0 aromatic carbocycles. The van der Waals surface area contributed by atoms with Crippen LogP contribution in [0, 0.1) is 17.0 Å². The minimum atomic E-state index is -0.527. The predicted octanol–water partition coefficient (Wildman–Crippen LogP) is 3.20. The van der Waals surface area contributed by atoms with Gasteiger partial charge in [0, 0.05) is 11.8 Å². The van der Waals surface area contributed by atoms with Crippen LogP contribution in [0.15, 0.2) is 18.5 Å². The van der Waals surface area contributed by atoms with Crippen molar-refractivity contribution in [3.05, 3.63) is 39.6 Å². The highest BCUT2D eigenvalue weighted by molar-refractivity contribution is 6.28. The number of halogens is 1. The second kappa shape index (κ2) is 6.45. The maximum absolute atomic E-state index is 11.2. The van der Waals surface area contributed by atoms with Crippen LogP contribution in [0.3, 0.4) is 0 Å². The van der Waals surface area contributed by atoms with Crippen LogP contribution in [0.2, 0.25) is 5.28 Å². The third-order valence-corrected chi connectivity index (χ3v) is 2.84. The molecule has 0 aliphatic heterocycles. The molecule has 21 heavy (non-hydrogen) atoms. The molecule has 2 aromatic rings. The number of nitro groups is 1. The van der Waals surface area contributed by atoms with E-state index in [0.717, 1.165) is 6.42 Å². The van der Waals surface area contributed by atoms with Gasteiger partial charge in [-0.05, 0) is 31.0 Å². The molecule has 0 atom stereocenters. The second-order valence-corrected chi connectivity index (χ2v) is 4.63. The molecule has 0 aliphatic carbocycles. The maximum atomic E-state index is 11.2. The molecule has 0 unspecified atom stereocenters. The molecule has 2 aromatic heterocycles. The Kier molecular flexibility index (Phi) is 4.64. The van der Waals surface area contributed by atoms with Crippen LogP contribution >= 0.6 is 11.6 Å². The minimum absolute atomic E-state index is 0.0482. The minimum Gasteiger partial charge on any atom is -0.492 e. The number of ether oxygens (including phenoxy) is 1. The molecule has 0 saturated carbocycles. The normalized spacial score (nSPS) is 10.4. The van der Waals surface area contributed by atoms with E-state index in [1.54, 1.807) is 12.3 Å². The first-order chi connectivity index (χ1) is 10.0. The van der Waals surface area contributed by atoms with Crippen molar-refractivity contribution in [2.45, 2.75) is 20.3 Å². The molecule has 0 fully saturated rings. The molecule has 2 heterocycles. The fraction of sp³-hybridized carbons (Fsp3) is 0.308. The fourth-order valence-electron chi connectivity index (χ4n) is 1.80. The van der Waals surface area contributed by atoms with Crippen molar-refractivity contribution in [2.75, 3.05) is 6.61 Å². The molecule has 2 rings (SSSR count). The Bertz CT molecular complexity index is 678. The standard InChI is InChI=1S/C13H13ClN4O3/c1-3-4-21-10-5-9(6-15-7-10)11-12(18(19)20)8(2)16-13(14)17-11/h5-7H,3-4H2,1-2H3. The third-order valence-electron chi connectivity index (χ3n) is 2.67. The Morgan fingerprint density at radius 1 is 1.38 bits per heavy atom. The SMILES string of the molecule is CCCOc1cncc(-c2nc(Cl)nc(C)c2[N+](=O)[O-])c1. The van der Waals surface area contributed by atoms with Crippen molar-refractivity contribution in [3.8, 4) is 17.0 Å². The van der Waals surface area contributed by atoms with Gasteiger partial charge < -0.3 is 4.74 Å². The lowest BCUT2D eigenvalue weighted by Gasteiger charge is -2.07. The van der Waals surface area contributed by atoms with Gasteiger partial charge >= 0.3 is 5.69 Å². The molecule has 0 bridgehead atoms. The molecule has 7 nitrogen and oxygen atoms in total. The zero-order valence-corrected chi connectivity index (χ0v) is 12.3. The van der Waals surface area contributed by atoms with E-state index in [2.05, 4.69) is 15.0 Å². The number of aromatic nitrogens is 3. The quantitative estimate of drug-likeness (QED) is 0.478. The lowest BCUT2D eigenvalue weighted by molar-refractivity contribution is -0.385. The topological polar surface area (TPSA) is 91.0 Å².